The van der Waals surface area contributed by atoms with Crippen LogP contribution < -0.4 is 5.32 Å². The Bertz CT molecular complexity index is 286. The summed E-state index contributed by atoms with van der Waals surface area (Å²) in [5.74, 6) is 0. The minimum Gasteiger partial charge on any atom is -0.380 e. The standard InChI is InChI=1S/C13H21NO/c1-4-11(2)14-9-12-7-5-6-8-13(12)10-15-3/h5-8,11,14H,4,9-10H2,1-3H3. The molecule has 1 aromatic carbocycles. The van der Waals surface area contributed by atoms with Gasteiger partial charge in [0, 0.05) is 19.7 Å². The van der Waals surface area contributed by atoms with Gasteiger partial charge in [-0.05, 0) is 24.5 Å². The molecule has 2 nitrogen and oxygen atoms in total. The van der Waals surface area contributed by atoms with Gasteiger partial charge in [0.1, 0.15) is 0 Å². The maximum absolute atomic E-state index is 5.17. The summed E-state index contributed by atoms with van der Waals surface area (Å²) in [6, 6.07) is 8.98. The molecule has 0 heterocycles. The van der Waals surface area contributed by atoms with E-state index < -0.39 is 0 Å². The van der Waals surface area contributed by atoms with E-state index >= 15 is 0 Å². The van der Waals surface area contributed by atoms with E-state index in [0.717, 1.165) is 13.0 Å². The Morgan fingerprint density at radius 2 is 1.93 bits per heavy atom. The molecule has 1 aromatic rings. The van der Waals surface area contributed by atoms with Crippen LogP contribution in [0.1, 0.15) is 31.4 Å². The maximum atomic E-state index is 5.17. The van der Waals surface area contributed by atoms with Crippen molar-refractivity contribution >= 4 is 0 Å². The number of hydrogen-bond acceptors (Lipinski definition) is 2. The van der Waals surface area contributed by atoms with Crippen LogP contribution in [0.15, 0.2) is 24.3 Å². The smallest absolute Gasteiger partial charge is 0.0716 e. The summed E-state index contributed by atoms with van der Waals surface area (Å²) in [4.78, 5) is 0. The SMILES string of the molecule is CCC(C)NCc1ccccc1COC. The summed E-state index contributed by atoms with van der Waals surface area (Å²) in [6.07, 6.45) is 1.16. The largest absolute Gasteiger partial charge is 0.380 e. The van der Waals surface area contributed by atoms with E-state index in [9.17, 15) is 0 Å². The van der Waals surface area contributed by atoms with Gasteiger partial charge in [0.15, 0.2) is 0 Å². The molecule has 1 atom stereocenters. The van der Waals surface area contributed by atoms with Crippen LogP contribution in [0.3, 0.4) is 0 Å². The summed E-state index contributed by atoms with van der Waals surface area (Å²) in [7, 11) is 1.73. The minimum atomic E-state index is 0.570. The summed E-state index contributed by atoms with van der Waals surface area (Å²) in [6.45, 7) is 6.02. The van der Waals surface area contributed by atoms with Crippen LogP contribution in [0.5, 0.6) is 0 Å². The number of methoxy groups -OCH3 is 1. The van der Waals surface area contributed by atoms with Gasteiger partial charge in [-0.2, -0.15) is 0 Å². The highest BCUT2D eigenvalue weighted by molar-refractivity contribution is 5.26. The lowest BCUT2D eigenvalue weighted by atomic mass is 10.1. The number of hydrogen-bond donors (Lipinski definition) is 1. The molecule has 84 valence electrons. The number of ether oxygens (including phenoxy) is 1. The van der Waals surface area contributed by atoms with Gasteiger partial charge in [-0.25, -0.2) is 0 Å². The van der Waals surface area contributed by atoms with Crippen molar-refractivity contribution in [3.05, 3.63) is 35.4 Å². The van der Waals surface area contributed by atoms with Gasteiger partial charge in [0.25, 0.3) is 0 Å². The normalized spacial score (nSPS) is 12.7. The summed E-state index contributed by atoms with van der Waals surface area (Å²) in [5.41, 5.74) is 2.61. The van der Waals surface area contributed by atoms with Crippen molar-refractivity contribution < 1.29 is 4.74 Å². The molecule has 1 rings (SSSR count). The first kappa shape index (κ1) is 12.2. The molecule has 0 fully saturated rings. The second kappa shape index (κ2) is 6.59. The molecular formula is C13H21NO. The van der Waals surface area contributed by atoms with Gasteiger partial charge < -0.3 is 10.1 Å². The molecule has 0 saturated carbocycles. The Hall–Kier alpha value is -0.860. The second-order valence-electron chi connectivity index (χ2n) is 3.89. The Labute approximate surface area is 92.6 Å². The predicted octanol–water partition coefficient (Wildman–Crippen LogP) is 2.72. The molecule has 15 heavy (non-hydrogen) atoms. The first-order valence-electron chi connectivity index (χ1n) is 5.57. The predicted molar refractivity (Wildman–Crippen MR) is 63.7 cm³/mol. The van der Waals surface area contributed by atoms with Gasteiger partial charge in [0.2, 0.25) is 0 Å². The zero-order valence-corrected chi connectivity index (χ0v) is 9.92. The number of rotatable bonds is 6. The van der Waals surface area contributed by atoms with Crippen LogP contribution in [0, 0.1) is 0 Å². The fourth-order valence-electron chi connectivity index (χ4n) is 1.45. The van der Waals surface area contributed by atoms with E-state index in [1.165, 1.54) is 11.1 Å². The molecule has 1 unspecified atom stereocenters. The third-order valence-corrected chi connectivity index (χ3v) is 2.67. The molecule has 0 spiro atoms. The molecule has 0 aliphatic heterocycles. The van der Waals surface area contributed by atoms with Crippen molar-refractivity contribution in [2.75, 3.05) is 7.11 Å². The zero-order valence-electron chi connectivity index (χ0n) is 9.92. The highest BCUT2D eigenvalue weighted by atomic mass is 16.5. The molecule has 0 saturated heterocycles. The topological polar surface area (TPSA) is 21.3 Å². The lowest BCUT2D eigenvalue weighted by Gasteiger charge is -2.13. The molecular weight excluding hydrogens is 186 g/mol. The summed E-state index contributed by atoms with van der Waals surface area (Å²) >= 11 is 0. The molecule has 1 N–H and O–H groups in total. The van der Waals surface area contributed by atoms with E-state index in [4.69, 9.17) is 4.74 Å². The third kappa shape index (κ3) is 4.02. The molecule has 2 heteroatoms. The van der Waals surface area contributed by atoms with Crippen molar-refractivity contribution in [1.29, 1.82) is 0 Å². The lowest BCUT2D eigenvalue weighted by molar-refractivity contribution is 0.184. The third-order valence-electron chi connectivity index (χ3n) is 2.67. The van der Waals surface area contributed by atoms with E-state index in [2.05, 4.69) is 43.4 Å². The fourth-order valence-corrected chi connectivity index (χ4v) is 1.45. The average molecular weight is 207 g/mol. The van der Waals surface area contributed by atoms with E-state index in [1.807, 2.05) is 0 Å². The van der Waals surface area contributed by atoms with E-state index in [-0.39, 0.29) is 0 Å². The number of benzene rings is 1. The maximum Gasteiger partial charge on any atom is 0.0716 e. The highest BCUT2D eigenvalue weighted by Crippen LogP contribution is 2.10. The van der Waals surface area contributed by atoms with Crippen LogP contribution in [-0.4, -0.2) is 13.2 Å². The van der Waals surface area contributed by atoms with Gasteiger partial charge >= 0.3 is 0 Å². The van der Waals surface area contributed by atoms with Crippen molar-refractivity contribution in [2.45, 2.75) is 39.5 Å². The second-order valence-corrected chi connectivity index (χ2v) is 3.89. The molecule has 0 aliphatic carbocycles. The van der Waals surface area contributed by atoms with Crippen molar-refractivity contribution in [2.24, 2.45) is 0 Å². The average Bonchev–Trinajstić information content (AvgIpc) is 2.28. The first-order chi connectivity index (χ1) is 7.27. The fraction of sp³-hybridized carbons (Fsp3) is 0.538. The molecule has 0 aliphatic rings. The van der Waals surface area contributed by atoms with Crippen LogP contribution in [-0.2, 0) is 17.9 Å². The highest BCUT2D eigenvalue weighted by Gasteiger charge is 2.02. The van der Waals surface area contributed by atoms with Crippen molar-refractivity contribution in [3.63, 3.8) is 0 Å². The molecule has 0 bridgehead atoms. The quantitative estimate of drug-likeness (QED) is 0.774. The Kier molecular flexibility index (Phi) is 5.37. The number of nitrogens with one attached hydrogen (secondary N) is 1. The van der Waals surface area contributed by atoms with Crippen LogP contribution in [0.4, 0.5) is 0 Å². The summed E-state index contributed by atoms with van der Waals surface area (Å²) in [5, 5.41) is 3.49. The Morgan fingerprint density at radius 3 is 2.53 bits per heavy atom. The molecule has 0 radical (unpaired) electrons. The lowest BCUT2D eigenvalue weighted by Crippen LogP contribution is -2.25. The van der Waals surface area contributed by atoms with Crippen LogP contribution in [0.25, 0.3) is 0 Å². The van der Waals surface area contributed by atoms with Gasteiger partial charge in [-0.15, -0.1) is 0 Å². The van der Waals surface area contributed by atoms with Gasteiger partial charge in [-0.1, -0.05) is 31.2 Å². The van der Waals surface area contributed by atoms with Crippen LogP contribution in [0.2, 0.25) is 0 Å². The monoisotopic (exact) mass is 207 g/mol. The first-order valence-corrected chi connectivity index (χ1v) is 5.57. The Balaban J connectivity index is 2.58. The van der Waals surface area contributed by atoms with Gasteiger partial charge in [-0.3, -0.25) is 0 Å². The Morgan fingerprint density at radius 1 is 1.27 bits per heavy atom. The minimum absolute atomic E-state index is 0.570. The van der Waals surface area contributed by atoms with E-state index in [0.29, 0.717) is 12.6 Å². The van der Waals surface area contributed by atoms with Crippen LogP contribution >= 0.6 is 0 Å². The van der Waals surface area contributed by atoms with Crippen molar-refractivity contribution in [1.82, 2.24) is 5.32 Å². The van der Waals surface area contributed by atoms with Gasteiger partial charge in [0.05, 0.1) is 6.61 Å². The molecule has 0 aromatic heterocycles. The zero-order chi connectivity index (χ0) is 11.1. The van der Waals surface area contributed by atoms with Crippen molar-refractivity contribution in [3.8, 4) is 0 Å². The van der Waals surface area contributed by atoms with E-state index in [1.54, 1.807) is 7.11 Å². The molecule has 0 amide bonds. The summed E-state index contributed by atoms with van der Waals surface area (Å²) < 4.78 is 5.17.